The second-order valence-corrected chi connectivity index (χ2v) is 10.6. The minimum Gasteiger partial charge on any atom is -0.379 e. The molecule has 5 rings (SSSR count). The summed E-state index contributed by atoms with van der Waals surface area (Å²) in [5.41, 5.74) is 0.753. The summed E-state index contributed by atoms with van der Waals surface area (Å²) in [5, 5.41) is 4.76. The number of nitrogens with zero attached hydrogens (tertiary/aromatic N) is 4. The third-order valence-electron chi connectivity index (χ3n) is 6.84. The Morgan fingerprint density at radius 3 is 2.54 bits per heavy atom. The predicted molar refractivity (Wildman–Crippen MR) is 103 cm³/mol. The van der Waals surface area contributed by atoms with Gasteiger partial charge >= 0.3 is 0 Å². The number of piperidine rings is 1. The molecule has 156 valence electrons. The molecule has 8 nitrogen and oxygen atoms in total. The van der Waals surface area contributed by atoms with Gasteiger partial charge < -0.3 is 9.47 Å². The van der Waals surface area contributed by atoms with Crippen molar-refractivity contribution < 1.29 is 17.9 Å². The summed E-state index contributed by atoms with van der Waals surface area (Å²) >= 11 is 0. The Balaban J connectivity index is 1.24. The summed E-state index contributed by atoms with van der Waals surface area (Å²) in [4.78, 5) is 2.47. The Kier molecular flexibility index (Phi) is 4.78. The van der Waals surface area contributed by atoms with E-state index in [2.05, 4.69) is 10.00 Å². The van der Waals surface area contributed by atoms with Gasteiger partial charge in [-0.15, -0.1) is 0 Å². The number of morpholine rings is 1. The normalized spacial score (nSPS) is 29.5. The Hall–Kier alpha value is -1.00. The maximum absolute atomic E-state index is 13.2. The van der Waals surface area contributed by atoms with E-state index in [0.717, 1.165) is 70.7 Å². The average molecular weight is 411 g/mol. The zero-order chi connectivity index (χ0) is 19.4. The Bertz CT molecular complexity index is 821. The molecule has 1 saturated carbocycles. The van der Waals surface area contributed by atoms with Gasteiger partial charge in [-0.3, -0.25) is 9.58 Å². The molecule has 4 fully saturated rings. The van der Waals surface area contributed by atoms with Crippen LogP contribution in [0, 0.1) is 0 Å². The maximum atomic E-state index is 13.2. The lowest BCUT2D eigenvalue weighted by Crippen LogP contribution is -2.48. The van der Waals surface area contributed by atoms with Crippen molar-refractivity contribution in [3.8, 4) is 0 Å². The van der Waals surface area contributed by atoms with Crippen LogP contribution < -0.4 is 0 Å². The largest absolute Gasteiger partial charge is 0.379 e. The molecule has 4 aliphatic rings. The second kappa shape index (κ2) is 7.05. The maximum Gasteiger partial charge on any atom is 0.260 e. The van der Waals surface area contributed by atoms with Crippen LogP contribution in [0.4, 0.5) is 0 Å². The zero-order valence-electron chi connectivity index (χ0n) is 16.5. The molecule has 0 N–H and O–H groups in total. The first-order valence-electron chi connectivity index (χ1n) is 10.5. The standard InChI is InChI=1S/C19H30N4O4S/c1-21-18(12-17(20-21)15-2-3-15)28(24,25)23-6-4-19(5-7-23)13-16(14-27-19)22-8-10-26-11-9-22/h12,15-16H,2-11,13-14H2,1H3/t16-/m0/s1. The number of rotatable bonds is 4. The van der Waals surface area contributed by atoms with Gasteiger partial charge in [-0.2, -0.15) is 9.40 Å². The highest BCUT2D eigenvalue weighted by Crippen LogP contribution is 2.41. The van der Waals surface area contributed by atoms with Gasteiger partial charge in [-0.1, -0.05) is 0 Å². The first kappa shape index (κ1) is 19.0. The number of aromatic nitrogens is 2. The smallest absolute Gasteiger partial charge is 0.260 e. The van der Waals surface area contributed by atoms with Gasteiger partial charge in [0.05, 0.1) is 31.1 Å². The van der Waals surface area contributed by atoms with E-state index in [9.17, 15) is 8.42 Å². The third-order valence-corrected chi connectivity index (χ3v) is 8.80. The molecule has 28 heavy (non-hydrogen) atoms. The minimum atomic E-state index is -3.51. The van der Waals surface area contributed by atoms with Crippen LogP contribution in [-0.2, 0) is 26.5 Å². The van der Waals surface area contributed by atoms with Crippen LogP contribution >= 0.6 is 0 Å². The molecule has 0 radical (unpaired) electrons. The van der Waals surface area contributed by atoms with Crippen molar-refractivity contribution in [1.29, 1.82) is 0 Å². The van der Waals surface area contributed by atoms with Gasteiger partial charge in [0.2, 0.25) is 0 Å². The van der Waals surface area contributed by atoms with E-state index in [-0.39, 0.29) is 5.60 Å². The van der Waals surface area contributed by atoms with Crippen LogP contribution in [-0.4, -0.2) is 85.0 Å². The van der Waals surface area contributed by atoms with Crippen LogP contribution in [0.25, 0.3) is 0 Å². The molecule has 1 atom stereocenters. The van der Waals surface area contributed by atoms with Crippen LogP contribution in [0.15, 0.2) is 11.1 Å². The molecular weight excluding hydrogens is 380 g/mol. The van der Waals surface area contributed by atoms with E-state index >= 15 is 0 Å². The van der Waals surface area contributed by atoms with Gasteiger partial charge in [0.15, 0.2) is 5.03 Å². The molecule has 0 aromatic carbocycles. The molecule has 1 aromatic heterocycles. The molecule has 3 aliphatic heterocycles. The summed E-state index contributed by atoms with van der Waals surface area (Å²) < 4.78 is 41.2. The molecule has 4 heterocycles. The molecule has 1 aliphatic carbocycles. The monoisotopic (exact) mass is 410 g/mol. The van der Waals surface area contributed by atoms with Crippen LogP contribution in [0.5, 0.6) is 0 Å². The molecule has 0 amide bonds. The fourth-order valence-electron chi connectivity index (χ4n) is 4.90. The van der Waals surface area contributed by atoms with Crippen molar-refractivity contribution in [2.24, 2.45) is 7.05 Å². The Morgan fingerprint density at radius 2 is 1.86 bits per heavy atom. The van der Waals surface area contributed by atoms with Crippen molar-refractivity contribution in [2.45, 2.75) is 54.7 Å². The van der Waals surface area contributed by atoms with Gasteiger partial charge in [0.25, 0.3) is 10.0 Å². The molecule has 3 saturated heterocycles. The average Bonchev–Trinajstić information content (AvgIpc) is 3.36. The quantitative estimate of drug-likeness (QED) is 0.735. The van der Waals surface area contributed by atoms with Crippen molar-refractivity contribution in [3.05, 3.63) is 11.8 Å². The lowest BCUT2D eigenvalue weighted by atomic mass is 9.88. The summed E-state index contributed by atoms with van der Waals surface area (Å²) in [6.45, 7) is 5.30. The molecular formula is C19H30N4O4S. The van der Waals surface area contributed by atoms with E-state index in [1.807, 2.05) is 0 Å². The first-order valence-corrected chi connectivity index (χ1v) is 11.9. The fraction of sp³-hybridized carbons (Fsp3) is 0.842. The van der Waals surface area contributed by atoms with Crippen LogP contribution in [0.2, 0.25) is 0 Å². The van der Waals surface area contributed by atoms with E-state index in [1.165, 1.54) is 4.68 Å². The van der Waals surface area contributed by atoms with Crippen molar-refractivity contribution in [3.63, 3.8) is 0 Å². The van der Waals surface area contributed by atoms with Crippen molar-refractivity contribution in [2.75, 3.05) is 46.0 Å². The van der Waals surface area contributed by atoms with Crippen molar-refractivity contribution in [1.82, 2.24) is 19.0 Å². The first-order chi connectivity index (χ1) is 13.5. The van der Waals surface area contributed by atoms with E-state index in [4.69, 9.17) is 9.47 Å². The van der Waals surface area contributed by atoms with Crippen LogP contribution in [0.3, 0.4) is 0 Å². The fourth-order valence-corrected chi connectivity index (χ4v) is 6.48. The minimum absolute atomic E-state index is 0.166. The van der Waals surface area contributed by atoms with Gasteiger partial charge in [0, 0.05) is 51.3 Å². The lowest BCUT2D eigenvalue weighted by molar-refractivity contribution is -0.0329. The number of aryl methyl sites for hydroxylation is 1. The summed E-state index contributed by atoms with van der Waals surface area (Å²) in [5.74, 6) is 0.448. The Morgan fingerprint density at radius 1 is 1.14 bits per heavy atom. The Labute approximate surface area is 166 Å². The number of hydrogen-bond donors (Lipinski definition) is 0. The lowest BCUT2D eigenvalue weighted by Gasteiger charge is -2.38. The molecule has 1 spiro atoms. The zero-order valence-corrected chi connectivity index (χ0v) is 17.4. The van der Waals surface area contributed by atoms with Gasteiger partial charge in [-0.25, -0.2) is 8.42 Å². The summed E-state index contributed by atoms with van der Waals surface area (Å²) in [7, 11) is -1.77. The third kappa shape index (κ3) is 3.41. The second-order valence-electron chi connectivity index (χ2n) is 8.71. The molecule has 1 aromatic rings. The van der Waals surface area contributed by atoms with E-state index in [1.54, 1.807) is 17.4 Å². The van der Waals surface area contributed by atoms with Crippen LogP contribution in [0.1, 0.15) is 43.7 Å². The molecule has 9 heteroatoms. The summed E-state index contributed by atoms with van der Waals surface area (Å²) in [6.07, 6.45) is 4.76. The highest BCUT2D eigenvalue weighted by molar-refractivity contribution is 7.89. The van der Waals surface area contributed by atoms with E-state index in [0.29, 0.717) is 30.1 Å². The molecule has 0 bridgehead atoms. The summed E-state index contributed by atoms with van der Waals surface area (Å²) in [6, 6.07) is 2.21. The van der Waals surface area contributed by atoms with Gasteiger partial charge in [-0.05, 0) is 32.1 Å². The SMILES string of the molecule is Cn1nc(C2CC2)cc1S(=O)(=O)N1CCC2(CC1)C[C@H](N1CCOCC1)CO2. The molecule has 0 unspecified atom stereocenters. The van der Waals surface area contributed by atoms with Crippen molar-refractivity contribution >= 4 is 10.0 Å². The number of hydrogen-bond acceptors (Lipinski definition) is 6. The highest BCUT2D eigenvalue weighted by Gasteiger charge is 2.46. The number of sulfonamides is 1. The number of ether oxygens (including phenoxy) is 2. The van der Waals surface area contributed by atoms with E-state index < -0.39 is 10.0 Å². The highest BCUT2D eigenvalue weighted by atomic mass is 32.2. The van der Waals surface area contributed by atoms with Gasteiger partial charge in [0.1, 0.15) is 0 Å². The predicted octanol–water partition coefficient (Wildman–Crippen LogP) is 0.942. The topological polar surface area (TPSA) is 76.9 Å².